The zero-order valence-corrected chi connectivity index (χ0v) is 27.4. The first-order valence-corrected chi connectivity index (χ1v) is 15.8. The van der Waals surface area contributed by atoms with Gasteiger partial charge in [0, 0.05) is 48.8 Å². The fourth-order valence-corrected chi connectivity index (χ4v) is 5.92. The van der Waals surface area contributed by atoms with Crippen LogP contribution in [0.2, 0.25) is 0 Å². The number of nitrogens with one attached hydrogen (secondary N) is 1. The van der Waals surface area contributed by atoms with Crippen LogP contribution in [0, 0.1) is 6.92 Å². The van der Waals surface area contributed by atoms with E-state index in [1.807, 2.05) is 43.7 Å². The molecule has 10 nitrogen and oxygen atoms in total. The fraction of sp³-hybridized carbons (Fsp3) is 0.455. The minimum atomic E-state index is -0.544. The minimum Gasteiger partial charge on any atom is -0.444 e. The lowest BCUT2D eigenvalue weighted by atomic mass is 9.98. The van der Waals surface area contributed by atoms with E-state index < -0.39 is 5.60 Å². The number of ether oxygens (including phenoxy) is 1. The number of benzene rings is 1. The summed E-state index contributed by atoms with van der Waals surface area (Å²) in [7, 11) is 0. The number of anilines is 2. The highest BCUT2D eigenvalue weighted by molar-refractivity contribution is 7.13. The summed E-state index contributed by atoms with van der Waals surface area (Å²) in [6.45, 7) is 15.8. The van der Waals surface area contributed by atoms with Crippen molar-refractivity contribution in [3.8, 4) is 11.3 Å². The van der Waals surface area contributed by atoms with Gasteiger partial charge in [0.05, 0.1) is 27.8 Å². The number of aromatic nitrogens is 5. The van der Waals surface area contributed by atoms with E-state index in [0.717, 1.165) is 44.4 Å². The molecular weight excluding hydrogens is 574 g/mol. The smallest absolute Gasteiger partial charge is 0.410 e. The van der Waals surface area contributed by atoms with Gasteiger partial charge in [-0.05, 0) is 57.7 Å². The van der Waals surface area contributed by atoms with Crippen LogP contribution < -0.4 is 5.32 Å². The summed E-state index contributed by atoms with van der Waals surface area (Å²) in [5.41, 5.74) is 4.32. The third-order valence-electron chi connectivity index (χ3n) is 7.27. The van der Waals surface area contributed by atoms with Crippen molar-refractivity contribution < 1.29 is 14.3 Å². The Morgan fingerprint density at radius 2 is 1.80 bits per heavy atom. The quantitative estimate of drug-likeness (QED) is 0.219. The minimum absolute atomic E-state index is 0.0608. The standard InChI is InChI=1S/C33H41N7O3S/c1-21-15-23(10-9-22(21)11-12-26(41)27-18-34-30(44-27)32(2,3)4)25-17-28(36-20-35-25)37-29-16-24-19-39(13-8-14-40(24)38-29)31(42)43-33(5,6)7/h9-10,15-18,20H,8,11-14,19H2,1-7H3,(H,35,36,37,38). The predicted octanol–water partition coefficient (Wildman–Crippen LogP) is 7.10. The van der Waals surface area contributed by atoms with Gasteiger partial charge in [0.15, 0.2) is 11.6 Å². The van der Waals surface area contributed by atoms with E-state index in [0.29, 0.717) is 44.1 Å². The van der Waals surface area contributed by atoms with Crippen molar-refractivity contribution in [1.82, 2.24) is 29.6 Å². The van der Waals surface area contributed by atoms with E-state index in [1.165, 1.54) is 17.7 Å². The average Bonchev–Trinajstić information content (AvgIpc) is 3.54. The Labute approximate surface area is 262 Å². The predicted molar refractivity (Wildman–Crippen MR) is 172 cm³/mol. The maximum Gasteiger partial charge on any atom is 0.410 e. The molecule has 0 unspecified atom stereocenters. The van der Waals surface area contributed by atoms with Crippen molar-refractivity contribution in [2.75, 3.05) is 11.9 Å². The Morgan fingerprint density at radius 1 is 1.00 bits per heavy atom. The third-order valence-corrected chi connectivity index (χ3v) is 8.74. The zero-order valence-electron chi connectivity index (χ0n) is 26.6. The molecule has 4 aromatic rings. The maximum absolute atomic E-state index is 12.8. The van der Waals surface area contributed by atoms with E-state index >= 15 is 0 Å². The number of amides is 1. The SMILES string of the molecule is Cc1cc(-c2cc(Nc3cc4n(n3)CCCN(C(=O)OC(C)(C)C)C4)ncn2)ccc1CCC(=O)c1cnc(C(C)(C)C)s1. The van der Waals surface area contributed by atoms with Crippen LogP contribution in [0.25, 0.3) is 11.3 Å². The first-order valence-electron chi connectivity index (χ1n) is 15.0. The first kappa shape index (κ1) is 31.3. The van der Waals surface area contributed by atoms with Crippen LogP contribution in [0.1, 0.15) is 85.9 Å². The molecule has 44 heavy (non-hydrogen) atoms. The number of fused-ring (bicyclic) bond motifs is 1. The van der Waals surface area contributed by atoms with Gasteiger partial charge < -0.3 is 15.0 Å². The van der Waals surface area contributed by atoms with Crippen LogP contribution >= 0.6 is 11.3 Å². The van der Waals surface area contributed by atoms with Crippen LogP contribution in [-0.2, 0) is 29.7 Å². The van der Waals surface area contributed by atoms with E-state index in [-0.39, 0.29) is 17.3 Å². The van der Waals surface area contributed by atoms with Gasteiger partial charge in [-0.3, -0.25) is 9.48 Å². The maximum atomic E-state index is 12.8. The molecule has 1 aliphatic heterocycles. The van der Waals surface area contributed by atoms with Gasteiger partial charge in [-0.15, -0.1) is 11.3 Å². The van der Waals surface area contributed by atoms with E-state index in [4.69, 9.17) is 9.84 Å². The van der Waals surface area contributed by atoms with Gasteiger partial charge in [0.1, 0.15) is 17.7 Å². The number of hydrogen-bond acceptors (Lipinski definition) is 9. The van der Waals surface area contributed by atoms with E-state index in [9.17, 15) is 9.59 Å². The van der Waals surface area contributed by atoms with Crippen molar-refractivity contribution in [3.05, 3.63) is 69.6 Å². The number of aryl methyl sites for hydroxylation is 3. The second-order valence-electron chi connectivity index (χ2n) is 13.3. The molecule has 0 fully saturated rings. The highest BCUT2D eigenvalue weighted by Crippen LogP contribution is 2.29. The summed E-state index contributed by atoms with van der Waals surface area (Å²) in [5, 5.41) is 8.99. The molecule has 5 rings (SSSR count). The van der Waals surface area contributed by atoms with Gasteiger partial charge in [0.2, 0.25) is 0 Å². The number of Topliss-reactive ketones (excluding diaryl/α,β-unsaturated/α-hetero) is 1. The van der Waals surface area contributed by atoms with Crippen LogP contribution in [0.5, 0.6) is 0 Å². The van der Waals surface area contributed by atoms with Crippen molar-refractivity contribution in [3.63, 3.8) is 0 Å². The van der Waals surface area contributed by atoms with Gasteiger partial charge >= 0.3 is 6.09 Å². The lowest BCUT2D eigenvalue weighted by Gasteiger charge is -2.26. The number of ketones is 1. The zero-order chi connectivity index (χ0) is 31.6. The number of carbonyl (C=O) groups is 2. The summed E-state index contributed by atoms with van der Waals surface area (Å²) >= 11 is 1.49. The molecule has 0 spiro atoms. The van der Waals surface area contributed by atoms with Crippen molar-refractivity contribution in [2.45, 2.75) is 91.8 Å². The second kappa shape index (κ2) is 12.5. The number of nitrogens with zero attached hydrogens (tertiary/aromatic N) is 6. The van der Waals surface area contributed by atoms with Crippen LogP contribution in [-0.4, -0.2) is 53.7 Å². The van der Waals surface area contributed by atoms with E-state index in [2.05, 4.69) is 60.1 Å². The third kappa shape index (κ3) is 7.68. The molecule has 1 aliphatic rings. The number of hydrogen-bond donors (Lipinski definition) is 1. The highest BCUT2D eigenvalue weighted by Gasteiger charge is 2.26. The highest BCUT2D eigenvalue weighted by atomic mass is 32.1. The van der Waals surface area contributed by atoms with Crippen molar-refractivity contribution in [1.29, 1.82) is 0 Å². The first-order chi connectivity index (χ1) is 20.7. The Kier molecular flexibility index (Phi) is 8.88. The van der Waals surface area contributed by atoms with E-state index in [1.54, 1.807) is 11.1 Å². The topological polar surface area (TPSA) is 115 Å². The molecule has 1 amide bonds. The Morgan fingerprint density at radius 3 is 2.50 bits per heavy atom. The molecule has 11 heteroatoms. The Balaban J connectivity index is 1.23. The molecule has 0 bridgehead atoms. The molecule has 0 saturated carbocycles. The largest absolute Gasteiger partial charge is 0.444 e. The lowest BCUT2D eigenvalue weighted by Crippen LogP contribution is -2.36. The van der Waals surface area contributed by atoms with Crippen LogP contribution in [0.4, 0.5) is 16.4 Å². The molecule has 0 saturated heterocycles. The molecule has 1 N–H and O–H groups in total. The van der Waals surface area contributed by atoms with Crippen molar-refractivity contribution in [2.24, 2.45) is 0 Å². The van der Waals surface area contributed by atoms with Crippen LogP contribution in [0.3, 0.4) is 0 Å². The fourth-order valence-electron chi connectivity index (χ4n) is 4.98. The summed E-state index contributed by atoms with van der Waals surface area (Å²) in [5.74, 6) is 1.41. The molecular formula is C33H41N7O3S. The van der Waals surface area contributed by atoms with Gasteiger partial charge in [-0.1, -0.05) is 32.9 Å². The molecule has 0 radical (unpaired) electrons. The summed E-state index contributed by atoms with van der Waals surface area (Å²) in [4.78, 5) is 41.3. The van der Waals surface area contributed by atoms with Gasteiger partial charge in [-0.25, -0.2) is 19.7 Å². The van der Waals surface area contributed by atoms with Gasteiger partial charge in [-0.2, -0.15) is 5.10 Å². The summed E-state index contributed by atoms with van der Waals surface area (Å²) in [6.07, 6.45) is 4.83. The molecule has 1 aromatic carbocycles. The number of carbonyl (C=O) groups excluding carboxylic acids is 2. The lowest BCUT2D eigenvalue weighted by molar-refractivity contribution is 0.0236. The average molecular weight is 616 g/mol. The summed E-state index contributed by atoms with van der Waals surface area (Å²) < 4.78 is 7.51. The number of thiazole rings is 1. The van der Waals surface area contributed by atoms with Crippen LogP contribution in [0.15, 0.2) is 42.9 Å². The van der Waals surface area contributed by atoms with Crippen molar-refractivity contribution >= 4 is 34.8 Å². The molecule has 4 heterocycles. The second-order valence-corrected chi connectivity index (χ2v) is 14.3. The normalized spacial score (nSPS) is 13.8. The Hall–Kier alpha value is -4.12. The molecule has 232 valence electrons. The van der Waals surface area contributed by atoms with Gasteiger partial charge in [0.25, 0.3) is 0 Å². The molecule has 0 atom stereocenters. The monoisotopic (exact) mass is 615 g/mol. The molecule has 3 aromatic heterocycles. The molecule has 0 aliphatic carbocycles. The number of rotatable bonds is 7. The Bertz CT molecular complexity index is 1660. The summed E-state index contributed by atoms with van der Waals surface area (Å²) in [6, 6.07) is 10.0.